The Morgan fingerprint density at radius 3 is 2.75 bits per heavy atom. The summed E-state index contributed by atoms with van der Waals surface area (Å²) in [6, 6.07) is 0. The monoisotopic (exact) mass is 296 g/mol. The van der Waals surface area contributed by atoms with Crippen molar-refractivity contribution in [2.24, 2.45) is 5.92 Å². The summed E-state index contributed by atoms with van der Waals surface area (Å²) in [6.45, 7) is 10.7. The largest absolute Gasteiger partial charge is 0.383 e. The SMILES string of the molecule is COCCNC1(c2nc(C(C)(C)C)cs2)CCC(C)C1. The molecule has 114 valence electrons. The molecule has 1 aliphatic carbocycles. The Morgan fingerprint density at radius 2 is 2.25 bits per heavy atom. The molecule has 3 nitrogen and oxygen atoms in total. The normalized spacial score (nSPS) is 27.1. The minimum Gasteiger partial charge on any atom is -0.383 e. The van der Waals surface area contributed by atoms with Gasteiger partial charge in [-0.05, 0) is 25.2 Å². The minimum atomic E-state index is 0.0755. The standard InChI is InChI=1S/C16H28N2OS/c1-12-6-7-16(10-12,17-8-9-19-5)14-18-13(11-20-14)15(2,3)4/h11-12,17H,6-10H2,1-5H3. The molecule has 0 amide bonds. The third-order valence-electron chi connectivity index (χ3n) is 4.21. The van der Waals surface area contributed by atoms with Gasteiger partial charge in [-0.25, -0.2) is 4.98 Å². The summed E-state index contributed by atoms with van der Waals surface area (Å²) >= 11 is 1.82. The van der Waals surface area contributed by atoms with Crippen LogP contribution in [-0.4, -0.2) is 25.2 Å². The van der Waals surface area contributed by atoms with Crippen LogP contribution in [0.1, 0.15) is 57.7 Å². The smallest absolute Gasteiger partial charge is 0.113 e. The quantitative estimate of drug-likeness (QED) is 0.841. The fourth-order valence-corrected chi connectivity index (χ4v) is 4.22. The minimum absolute atomic E-state index is 0.0755. The van der Waals surface area contributed by atoms with Crippen LogP contribution in [0.25, 0.3) is 0 Å². The number of hydrogen-bond acceptors (Lipinski definition) is 4. The van der Waals surface area contributed by atoms with Crippen LogP contribution in [0, 0.1) is 5.92 Å². The maximum Gasteiger partial charge on any atom is 0.113 e. The molecular formula is C16H28N2OS. The van der Waals surface area contributed by atoms with Gasteiger partial charge in [0.25, 0.3) is 0 Å². The van der Waals surface area contributed by atoms with E-state index in [1.165, 1.54) is 30.0 Å². The molecule has 2 rings (SSSR count). The molecule has 1 saturated carbocycles. The van der Waals surface area contributed by atoms with Crippen LogP contribution in [0.5, 0.6) is 0 Å². The lowest BCUT2D eigenvalue weighted by molar-refractivity contribution is 0.182. The third kappa shape index (κ3) is 3.41. The lowest BCUT2D eigenvalue weighted by Gasteiger charge is -2.29. The first-order valence-electron chi connectivity index (χ1n) is 7.58. The highest BCUT2D eigenvalue weighted by Gasteiger charge is 2.41. The highest BCUT2D eigenvalue weighted by Crippen LogP contribution is 2.43. The second kappa shape index (κ2) is 6.12. The number of nitrogens with one attached hydrogen (secondary N) is 1. The van der Waals surface area contributed by atoms with Crippen LogP contribution >= 0.6 is 11.3 Å². The van der Waals surface area contributed by atoms with E-state index < -0.39 is 0 Å². The lowest BCUT2D eigenvalue weighted by atomic mass is 9.92. The number of aromatic nitrogens is 1. The van der Waals surface area contributed by atoms with E-state index in [2.05, 4.69) is 38.4 Å². The Kier molecular flexibility index (Phi) is 4.88. The van der Waals surface area contributed by atoms with E-state index in [4.69, 9.17) is 9.72 Å². The van der Waals surface area contributed by atoms with Crippen molar-refractivity contribution in [3.63, 3.8) is 0 Å². The number of hydrogen-bond donors (Lipinski definition) is 1. The third-order valence-corrected chi connectivity index (χ3v) is 5.26. The van der Waals surface area contributed by atoms with Gasteiger partial charge in [0.05, 0.1) is 17.8 Å². The lowest BCUT2D eigenvalue weighted by Crippen LogP contribution is -2.42. The van der Waals surface area contributed by atoms with Crippen molar-refractivity contribution in [3.8, 4) is 0 Å². The second-order valence-corrected chi connectivity index (χ2v) is 8.00. The van der Waals surface area contributed by atoms with Crippen LogP contribution in [0.4, 0.5) is 0 Å². The first kappa shape index (κ1) is 15.9. The maximum absolute atomic E-state index is 5.19. The zero-order valence-corrected chi connectivity index (χ0v) is 14.3. The van der Waals surface area contributed by atoms with E-state index in [1.807, 2.05) is 11.3 Å². The number of ether oxygens (including phenoxy) is 1. The first-order valence-corrected chi connectivity index (χ1v) is 8.46. The average molecular weight is 296 g/mol. The summed E-state index contributed by atoms with van der Waals surface area (Å²) in [5, 5.41) is 7.23. The summed E-state index contributed by atoms with van der Waals surface area (Å²) < 4.78 is 5.19. The van der Waals surface area contributed by atoms with Gasteiger partial charge in [0.2, 0.25) is 0 Å². The number of rotatable bonds is 5. The predicted molar refractivity (Wildman–Crippen MR) is 85.4 cm³/mol. The Bertz CT molecular complexity index is 438. The van der Waals surface area contributed by atoms with Crippen molar-refractivity contribution in [1.29, 1.82) is 0 Å². The summed E-state index contributed by atoms with van der Waals surface area (Å²) in [7, 11) is 1.76. The molecule has 1 aromatic heterocycles. The molecule has 0 spiro atoms. The van der Waals surface area contributed by atoms with Crippen LogP contribution in [-0.2, 0) is 15.7 Å². The fourth-order valence-electron chi connectivity index (χ4n) is 2.95. The van der Waals surface area contributed by atoms with Crippen molar-refractivity contribution >= 4 is 11.3 Å². The second-order valence-electron chi connectivity index (χ2n) is 7.14. The van der Waals surface area contributed by atoms with Gasteiger partial charge in [-0.15, -0.1) is 11.3 Å². The zero-order chi connectivity index (χ0) is 14.8. The van der Waals surface area contributed by atoms with Gasteiger partial charge >= 0.3 is 0 Å². The van der Waals surface area contributed by atoms with E-state index in [1.54, 1.807) is 7.11 Å². The molecule has 1 N–H and O–H groups in total. The first-order chi connectivity index (χ1) is 9.37. The molecule has 0 bridgehead atoms. The topological polar surface area (TPSA) is 34.1 Å². The molecule has 1 heterocycles. The highest BCUT2D eigenvalue weighted by atomic mass is 32.1. The molecule has 1 aliphatic rings. The van der Waals surface area contributed by atoms with Gasteiger partial charge in [0.15, 0.2) is 0 Å². The Labute approximate surface area is 127 Å². The molecule has 0 radical (unpaired) electrons. The molecule has 1 aromatic rings. The van der Waals surface area contributed by atoms with E-state index in [-0.39, 0.29) is 11.0 Å². The average Bonchev–Trinajstić information content (AvgIpc) is 2.96. The fraction of sp³-hybridized carbons (Fsp3) is 0.812. The summed E-state index contributed by atoms with van der Waals surface area (Å²) in [4.78, 5) is 4.96. The van der Waals surface area contributed by atoms with Crippen molar-refractivity contribution in [1.82, 2.24) is 10.3 Å². The summed E-state index contributed by atoms with van der Waals surface area (Å²) in [5.41, 5.74) is 1.42. The number of methoxy groups -OCH3 is 1. The Hall–Kier alpha value is -0.450. The van der Waals surface area contributed by atoms with Crippen molar-refractivity contribution in [3.05, 3.63) is 16.1 Å². The molecule has 0 aliphatic heterocycles. The van der Waals surface area contributed by atoms with E-state index in [9.17, 15) is 0 Å². The van der Waals surface area contributed by atoms with E-state index in [0.717, 1.165) is 19.1 Å². The van der Waals surface area contributed by atoms with Gasteiger partial charge < -0.3 is 10.1 Å². The van der Waals surface area contributed by atoms with Gasteiger partial charge in [-0.3, -0.25) is 0 Å². The van der Waals surface area contributed by atoms with Gasteiger partial charge in [0, 0.05) is 24.4 Å². The van der Waals surface area contributed by atoms with Crippen molar-refractivity contribution < 1.29 is 4.74 Å². The van der Waals surface area contributed by atoms with Crippen LogP contribution < -0.4 is 5.32 Å². The van der Waals surface area contributed by atoms with Crippen molar-refractivity contribution in [2.45, 2.75) is 57.9 Å². The molecular weight excluding hydrogens is 268 g/mol. The highest BCUT2D eigenvalue weighted by molar-refractivity contribution is 7.09. The maximum atomic E-state index is 5.19. The van der Waals surface area contributed by atoms with Crippen LogP contribution in [0.2, 0.25) is 0 Å². The molecule has 0 aromatic carbocycles. The van der Waals surface area contributed by atoms with Gasteiger partial charge in [-0.1, -0.05) is 27.7 Å². The van der Waals surface area contributed by atoms with Crippen LogP contribution in [0.15, 0.2) is 5.38 Å². The molecule has 0 saturated heterocycles. The molecule has 2 unspecified atom stereocenters. The summed E-state index contributed by atoms with van der Waals surface area (Å²) in [6.07, 6.45) is 3.66. The molecule has 20 heavy (non-hydrogen) atoms. The number of thiazole rings is 1. The van der Waals surface area contributed by atoms with E-state index in [0.29, 0.717) is 0 Å². The summed E-state index contributed by atoms with van der Waals surface area (Å²) in [5.74, 6) is 0.770. The molecule has 2 atom stereocenters. The van der Waals surface area contributed by atoms with Gasteiger partial charge in [0.1, 0.15) is 5.01 Å². The van der Waals surface area contributed by atoms with Crippen molar-refractivity contribution in [2.75, 3.05) is 20.3 Å². The zero-order valence-electron chi connectivity index (χ0n) is 13.5. The van der Waals surface area contributed by atoms with E-state index >= 15 is 0 Å². The number of nitrogens with zero attached hydrogens (tertiary/aromatic N) is 1. The Balaban J connectivity index is 2.20. The van der Waals surface area contributed by atoms with Crippen LogP contribution in [0.3, 0.4) is 0 Å². The Morgan fingerprint density at radius 1 is 1.50 bits per heavy atom. The predicted octanol–water partition coefficient (Wildman–Crippen LogP) is 3.69. The van der Waals surface area contributed by atoms with Gasteiger partial charge in [-0.2, -0.15) is 0 Å². The molecule has 4 heteroatoms. The molecule has 1 fully saturated rings.